The van der Waals surface area contributed by atoms with Crippen molar-refractivity contribution in [3.8, 4) is 0 Å². The van der Waals surface area contributed by atoms with Crippen LogP contribution in [0.5, 0.6) is 0 Å². The zero-order valence-electron chi connectivity index (χ0n) is 26.7. The first kappa shape index (κ1) is 35.1. The lowest BCUT2D eigenvalue weighted by Gasteiger charge is -2.26. The predicted molar refractivity (Wildman–Crippen MR) is 177 cm³/mol. The number of carbonyl (C=O) groups excluding carboxylic acids is 4. The number of ether oxygens (including phenoxy) is 2. The Hall–Kier alpha value is -4.76. The Labute approximate surface area is 276 Å². The van der Waals surface area contributed by atoms with Crippen molar-refractivity contribution < 1.29 is 33.8 Å². The summed E-state index contributed by atoms with van der Waals surface area (Å²) in [7, 11) is 0. The van der Waals surface area contributed by atoms with Crippen LogP contribution < -0.4 is 5.32 Å². The van der Waals surface area contributed by atoms with E-state index in [1.807, 2.05) is 103 Å². The maximum atomic E-state index is 13.7. The molecule has 248 valence electrons. The minimum atomic E-state index is -1.27. The lowest BCUT2D eigenvalue weighted by atomic mass is 9.93. The highest BCUT2D eigenvalue weighted by Gasteiger charge is 2.31. The van der Waals surface area contributed by atoms with Gasteiger partial charge in [-0.3, -0.25) is 14.4 Å². The summed E-state index contributed by atoms with van der Waals surface area (Å²) in [5, 5.41) is 12.4. The Balaban J connectivity index is 1.52. The number of nitrogens with zero attached hydrogens (tertiary/aromatic N) is 1. The van der Waals surface area contributed by atoms with Crippen molar-refractivity contribution >= 4 is 23.8 Å². The van der Waals surface area contributed by atoms with Gasteiger partial charge in [0, 0.05) is 19.5 Å². The molecule has 0 radical (unpaired) electrons. The first-order valence-electron chi connectivity index (χ1n) is 16.2. The Bertz CT molecular complexity index is 1450. The van der Waals surface area contributed by atoms with Gasteiger partial charge in [0.05, 0.1) is 18.4 Å². The van der Waals surface area contributed by atoms with Crippen molar-refractivity contribution in [3.05, 3.63) is 120 Å². The Morgan fingerprint density at radius 3 is 2.15 bits per heavy atom. The summed E-state index contributed by atoms with van der Waals surface area (Å²) in [5.74, 6) is -3.23. The number of esters is 2. The molecule has 0 saturated heterocycles. The molecule has 3 aromatic carbocycles. The Morgan fingerprint density at radius 2 is 1.49 bits per heavy atom. The van der Waals surface area contributed by atoms with Gasteiger partial charge < -0.3 is 24.8 Å². The molecule has 1 aliphatic rings. The zero-order chi connectivity index (χ0) is 33.3. The number of hydrogen-bond donors (Lipinski definition) is 2. The van der Waals surface area contributed by atoms with Gasteiger partial charge in [-0.1, -0.05) is 103 Å². The maximum Gasteiger partial charge on any atom is 0.332 e. The molecule has 3 unspecified atom stereocenters. The smallest absolute Gasteiger partial charge is 0.332 e. The fourth-order valence-corrected chi connectivity index (χ4v) is 5.47. The first-order chi connectivity index (χ1) is 22.9. The summed E-state index contributed by atoms with van der Waals surface area (Å²) in [6, 6.07) is 27.0. The van der Waals surface area contributed by atoms with E-state index in [0.29, 0.717) is 25.8 Å². The fourth-order valence-electron chi connectivity index (χ4n) is 5.47. The number of allylic oxidation sites excluding steroid dienone is 2. The van der Waals surface area contributed by atoms with Crippen molar-refractivity contribution in [2.75, 3.05) is 19.8 Å². The average molecular weight is 641 g/mol. The van der Waals surface area contributed by atoms with Crippen molar-refractivity contribution in [2.45, 2.75) is 57.7 Å². The van der Waals surface area contributed by atoms with Crippen LogP contribution in [0.25, 0.3) is 0 Å². The largest absolute Gasteiger partial charge is 0.463 e. The van der Waals surface area contributed by atoms with E-state index >= 15 is 0 Å². The monoisotopic (exact) mass is 640 g/mol. The van der Waals surface area contributed by atoms with Gasteiger partial charge in [0.2, 0.25) is 11.8 Å². The van der Waals surface area contributed by atoms with E-state index < -0.39 is 42.3 Å². The molecule has 3 atom stereocenters. The molecule has 47 heavy (non-hydrogen) atoms. The van der Waals surface area contributed by atoms with Crippen LogP contribution in [0.3, 0.4) is 0 Å². The van der Waals surface area contributed by atoms with Gasteiger partial charge >= 0.3 is 11.9 Å². The number of rotatable bonds is 11. The van der Waals surface area contributed by atoms with Gasteiger partial charge in [0.15, 0.2) is 6.04 Å². The number of hydrogen-bond acceptors (Lipinski definition) is 7. The van der Waals surface area contributed by atoms with E-state index in [-0.39, 0.29) is 38.5 Å². The third-order valence-corrected chi connectivity index (χ3v) is 8.12. The van der Waals surface area contributed by atoms with E-state index in [2.05, 4.69) is 5.32 Å². The van der Waals surface area contributed by atoms with Gasteiger partial charge in [-0.25, -0.2) is 4.79 Å². The van der Waals surface area contributed by atoms with Crippen LogP contribution >= 0.6 is 0 Å². The van der Waals surface area contributed by atoms with Crippen molar-refractivity contribution in [3.63, 3.8) is 0 Å². The lowest BCUT2D eigenvalue weighted by molar-refractivity contribution is -0.157. The SMILES string of the molecule is O=C1NC(C(=O)OCc2ccccc2)COC(=O)C(Cc2ccccc2)CCCC=CCC1CC(=O)N(CCO)Cc1ccccc1. The molecule has 0 aliphatic carbocycles. The summed E-state index contributed by atoms with van der Waals surface area (Å²) < 4.78 is 11.2. The molecule has 0 fully saturated rings. The van der Waals surface area contributed by atoms with Gasteiger partial charge in [0.25, 0.3) is 0 Å². The lowest BCUT2D eigenvalue weighted by Crippen LogP contribution is -2.48. The van der Waals surface area contributed by atoms with Crippen LogP contribution in [0.2, 0.25) is 0 Å². The number of cyclic esters (lactones) is 1. The number of aliphatic hydroxyl groups is 1. The van der Waals surface area contributed by atoms with Gasteiger partial charge in [-0.2, -0.15) is 0 Å². The maximum absolute atomic E-state index is 13.7. The highest BCUT2D eigenvalue weighted by Crippen LogP contribution is 2.20. The third kappa shape index (κ3) is 11.8. The molecule has 2 amide bonds. The molecule has 2 N–H and O–H groups in total. The van der Waals surface area contributed by atoms with E-state index in [9.17, 15) is 24.3 Å². The molecule has 0 spiro atoms. The van der Waals surface area contributed by atoms with Crippen LogP contribution in [0, 0.1) is 11.8 Å². The summed E-state index contributed by atoms with van der Waals surface area (Å²) in [6.45, 7) is -0.228. The summed E-state index contributed by atoms with van der Waals surface area (Å²) in [4.78, 5) is 55.4. The first-order valence-corrected chi connectivity index (χ1v) is 16.2. The minimum Gasteiger partial charge on any atom is -0.463 e. The zero-order valence-corrected chi connectivity index (χ0v) is 26.7. The standard InChI is InChI=1S/C38H44N2O7/c41-23-22-40(26-30-16-8-4-9-17-30)35(42)25-32-20-12-1-2-13-21-33(24-29-14-6-3-7-15-29)37(44)47-28-34(39-36(32)43)38(45)46-27-31-18-10-5-11-19-31/h1,3-12,14-19,32-34,41H,2,13,20-28H2,(H,39,43). The van der Waals surface area contributed by atoms with Crippen molar-refractivity contribution in [2.24, 2.45) is 11.8 Å². The van der Waals surface area contributed by atoms with Crippen molar-refractivity contribution in [1.82, 2.24) is 10.2 Å². The second kappa shape index (κ2) is 19.0. The van der Waals surface area contributed by atoms with Crippen LogP contribution in [0.15, 0.2) is 103 Å². The Kier molecular flexibility index (Phi) is 14.2. The molecule has 1 heterocycles. The van der Waals surface area contributed by atoms with E-state index in [0.717, 1.165) is 23.1 Å². The van der Waals surface area contributed by atoms with Gasteiger partial charge in [-0.05, 0) is 48.8 Å². The summed E-state index contributed by atoms with van der Waals surface area (Å²) in [6.07, 6.45) is 6.49. The highest BCUT2D eigenvalue weighted by atomic mass is 16.6. The summed E-state index contributed by atoms with van der Waals surface area (Å²) >= 11 is 0. The number of aliphatic hydroxyl groups excluding tert-OH is 1. The minimum absolute atomic E-state index is 0.0170. The molecule has 9 heteroatoms. The van der Waals surface area contributed by atoms with Crippen LogP contribution in [-0.2, 0) is 48.2 Å². The van der Waals surface area contributed by atoms with Crippen LogP contribution in [0.1, 0.15) is 48.8 Å². The molecule has 0 bridgehead atoms. The molecule has 0 aromatic heterocycles. The molecule has 1 aliphatic heterocycles. The number of carbonyl (C=O) groups is 4. The Morgan fingerprint density at radius 1 is 0.851 bits per heavy atom. The highest BCUT2D eigenvalue weighted by molar-refractivity contribution is 5.89. The molecular weight excluding hydrogens is 596 g/mol. The number of nitrogens with one attached hydrogen (secondary N) is 1. The van der Waals surface area contributed by atoms with Crippen LogP contribution in [0.4, 0.5) is 0 Å². The third-order valence-electron chi connectivity index (χ3n) is 8.12. The van der Waals surface area contributed by atoms with Crippen LogP contribution in [-0.4, -0.2) is 59.6 Å². The number of amides is 2. The molecule has 0 saturated carbocycles. The van der Waals surface area contributed by atoms with Crippen molar-refractivity contribution in [1.29, 1.82) is 0 Å². The molecule has 4 rings (SSSR count). The predicted octanol–water partition coefficient (Wildman–Crippen LogP) is 4.77. The topological polar surface area (TPSA) is 122 Å². The summed E-state index contributed by atoms with van der Waals surface area (Å²) in [5.41, 5.74) is 2.68. The molecule has 3 aromatic rings. The quantitative estimate of drug-likeness (QED) is 0.229. The van der Waals surface area contributed by atoms with E-state index in [1.165, 1.54) is 4.90 Å². The normalized spacial score (nSPS) is 19.1. The van der Waals surface area contributed by atoms with E-state index in [1.54, 1.807) is 0 Å². The van der Waals surface area contributed by atoms with Gasteiger partial charge in [0.1, 0.15) is 13.2 Å². The number of benzene rings is 3. The molecular formula is C38H44N2O7. The fraction of sp³-hybridized carbons (Fsp3) is 0.368. The van der Waals surface area contributed by atoms with E-state index in [4.69, 9.17) is 9.47 Å². The molecule has 9 nitrogen and oxygen atoms in total. The van der Waals surface area contributed by atoms with Gasteiger partial charge in [-0.15, -0.1) is 0 Å². The average Bonchev–Trinajstić information content (AvgIpc) is 3.09. The second-order valence-corrected chi connectivity index (χ2v) is 11.7. The second-order valence-electron chi connectivity index (χ2n) is 11.7.